The standard InChI is InChI=1S/C12H18N2O3/c1-8(2)10(15)6-11-13-12(14-17-11)9-4-3-5-16-7-9/h8-9H,3-7H2,1-2H3. The van der Waals surface area contributed by atoms with E-state index in [1.54, 1.807) is 0 Å². The maximum Gasteiger partial charge on any atom is 0.234 e. The summed E-state index contributed by atoms with van der Waals surface area (Å²) in [5.74, 6) is 1.44. The number of hydrogen-bond acceptors (Lipinski definition) is 5. The van der Waals surface area contributed by atoms with Crippen LogP contribution in [0.2, 0.25) is 0 Å². The first-order valence-electron chi connectivity index (χ1n) is 6.09. The predicted molar refractivity (Wildman–Crippen MR) is 60.6 cm³/mol. The molecule has 1 saturated heterocycles. The van der Waals surface area contributed by atoms with E-state index in [1.807, 2.05) is 13.8 Å². The molecular formula is C12H18N2O3. The van der Waals surface area contributed by atoms with Crippen LogP contribution < -0.4 is 0 Å². The Labute approximate surface area is 101 Å². The van der Waals surface area contributed by atoms with E-state index in [0.29, 0.717) is 18.3 Å². The van der Waals surface area contributed by atoms with Crippen molar-refractivity contribution in [3.05, 3.63) is 11.7 Å². The van der Waals surface area contributed by atoms with Gasteiger partial charge in [-0.05, 0) is 12.8 Å². The number of rotatable bonds is 4. The first kappa shape index (κ1) is 12.2. The van der Waals surface area contributed by atoms with Crippen molar-refractivity contribution < 1.29 is 14.1 Å². The van der Waals surface area contributed by atoms with Gasteiger partial charge in [-0.15, -0.1) is 0 Å². The molecule has 0 aromatic carbocycles. The summed E-state index contributed by atoms with van der Waals surface area (Å²) < 4.78 is 10.5. The van der Waals surface area contributed by atoms with Gasteiger partial charge in [0.15, 0.2) is 5.82 Å². The minimum Gasteiger partial charge on any atom is -0.381 e. The van der Waals surface area contributed by atoms with E-state index in [2.05, 4.69) is 10.1 Å². The highest BCUT2D eigenvalue weighted by atomic mass is 16.5. The molecular weight excluding hydrogens is 220 g/mol. The Kier molecular flexibility index (Phi) is 3.89. The molecule has 1 fully saturated rings. The van der Waals surface area contributed by atoms with Gasteiger partial charge in [0.05, 0.1) is 13.0 Å². The summed E-state index contributed by atoms with van der Waals surface area (Å²) in [5.41, 5.74) is 0. The fourth-order valence-electron chi connectivity index (χ4n) is 1.80. The largest absolute Gasteiger partial charge is 0.381 e. The average Bonchev–Trinajstić information content (AvgIpc) is 2.78. The van der Waals surface area contributed by atoms with E-state index in [9.17, 15) is 4.79 Å². The molecule has 94 valence electrons. The second-order valence-electron chi connectivity index (χ2n) is 4.76. The molecule has 2 rings (SSSR count). The lowest BCUT2D eigenvalue weighted by Crippen LogP contribution is -2.16. The lowest BCUT2D eigenvalue weighted by atomic mass is 10.0. The smallest absolute Gasteiger partial charge is 0.234 e. The van der Waals surface area contributed by atoms with E-state index >= 15 is 0 Å². The van der Waals surface area contributed by atoms with Crippen molar-refractivity contribution >= 4 is 5.78 Å². The summed E-state index contributed by atoms with van der Waals surface area (Å²) in [5, 5.41) is 3.93. The minimum absolute atomic E-state index is 0.00311. The van der Waals surface area contributed by atoms with Gasteiger partial charge in [0.2, 0.25) is 5.89 Å². The number of nitrogens with zero attached hydrogens (tertiary/aromatic N) is 2. The number of carbonyl (C=O) groups excluding carboxylic acids is 1. The molecule has 1 atom stereocenters. The van der Waals surface area contributed by atoms with Crippen LogP contribution in [0.5, 0.6) is 0 Å². The van der Waals surface area contributed by atoms with E-state index in [1.165, 1.54) is 0 Å². The Morgan fingerprint density at radius 3 is 3.00 bits per heavy atom. The summed E-state index contributed by atoms with van der Waals surface area (Å²) in [4.78, 5) is 15.8. The van der Waals surface area contributed by atoms with Crippen LogP contribution in [-0.2, 0) is 16.0 Å². The summed E-state index contributed by atoms with van der Waals surface area (Å²) in [7, 11) is 0. The fraction of sp³-hybridized carbons (Fsp3) is 0.750. The van der Waals surface area contributed by atoms with Crippen LogP contribution in [0, 0.1) is 5.92 Å². The van der Waals surface area contributed by atoms with Gasteiger partial charge in [-0.1, -0.05) is 19.0 Å². The molecule has 0 saturated carbocycles. The predicted octanol–water partition coefficient (Wildman–Crippen LogP) is 1.73. The van der Waals surface area contributed by atoms with Gasteiger partial charge in [-0.25, -0.2) is 0 Å². The summed E-state index contributed by atoms with van der Waals surface area (Å²) in [6, 6.07) is 0. The van der Waals surface area contributed by atoms with Crippen LogP contribution >= 0.6 is 0 Å². The SMILES string of the molecule is CC(C)C(=O)Cc1nc(C2CCCOC2)no1. The maximum absolute atomic E-state index is 11.5. The molecule has 17 heavy (non-hydrogen) atoms. The first-order chi connectivity index (χ1) is 8.16. The zero-order valence-electron chi connectivity index (χ0n) is 10.3. The lowest BCUT2D eigenvalue weighted by Gasteiger charge is -2.18. The Morgan fingerprint density at radius 2 is 2.35 bits per heavy atom. The van der Waals surface area contributed by atoms with Crippen LogP contribution in [0.25, 0.3) is 0 Å². The van der Waals surface area contributed by atoms with Crippen molar-refractivity contribution in [2.24, 2.45) is 5.92 Å². The number of ether oxygens (including phenoxy) is 1. The monoisotopic (exact) mass is 238 g/mol. The second-order valence-corrected chi connectivity index (χ2v) is 4.76. The molecule has 5 nitrogen and oxygen atoms in total. The number of ketones is 1. The molecule has 1 aromatic rings. The van der Waals surface area contributed by atoms with Crippen molar-refractivity contribution in [3.8, 4) is 0 Å². The molecule has 0 amide bonds. The van der Waals surface area contributed by atoms with Gasteiger partial charge in [-0.3, -0.25) is 4.79 Å². The zero-order valence-corrected chi connectivity index (χ0v) is 10.3. The Hall–Kier alpha value is -1.23. The summed E-state index contributed by atoms with van der Waals surface area (Å²) >= 11 is 0. The van der Waals surface area contributed by atoms with Crippen molar-refractivity contribution in [2.45, 2.75) is 39.0 Å². The second kappa shape index (κ2) is 5.40. The van der Waals surface area contributed by atoms with Crippen molar-refractivity contribution in [1.82, 2.24) is 10.1 Å². The molecule has 0 radical (unpaired) electrons. The summed E-state index contributed by atoms with van der Waals surface area (Å²) in [6.45, 7) is 5.20. The number of aromatic nitrogens is 2. The zero-order chi connectivity index (χ0) is 12.3. The molecule has 1 unspecified atom stereocenters. The van der Waals surface area contributed by atoms with Gasteiger partial charge >= 0.3 is 0 Å². The van der Waals surface area contributed by atoms with E-state index < -0.39 is 0 Å². The highest BCUT2D eigenvalue weighted by Gasteiger charge is 2.22. The normalized spacial score (nSPS) is 20.8. The number of Topliss-reactive ketones (excluding diaryl/α,β-unsaturated/α-hetero) is 1. The molecule has 0 spiro atoms. The lowest BCUT2D eigenvalue weighted by molar-refractivity contribution is -0.121. The van der Waals surface area contributed by atoms with Crippen molar-refractivity contribution in [1.29, 1.82) is 0 Å². The highest BCUT2D eigenvalue weighted by Crippen LogP contribution is 2.23. The quantitative estimate of drug-likeness (QED) is 0.799. The van der Waals surface area contributed by atoms with E-state index in [4.69, 9.17) is 9.26 Å². The van der Waals surface area contributed by atoms with E-state index in [0.717, 1.165) is 19.4 Å². The molecule has 1 aromatic heterocycles. The van der Waals surface area contributed by atoms with Gasteiger partial charge < -0.3 is 9.26 Å². The fourth-order valence-corrected chi connectivity index (χ4v) is 1.80. The van der Waals surface area contributed by atoms with Crippen LogP contribution in [0.15, 0.2) is 4.52 Å². The highest BCUT2D eigenvalue weighted by molar-refractivity contribution is 5.81. The molecule has 1 aliphatic heterocycles. The van der Waals surface area contributed by atoms with Crippen molar-refractivity contribution in [3.63, 3.8) is 0 Å². The third-order valence-corrected chi connectivity index (χ3v) is 2.98. The van der Waals surface area contributed by atoms with Crippen molar-refractivity contribution in [2.75, 3.05) is 13.2 Å². The molecule has 0 bridgehead atoms. The first-order valence-corrected chi connectivity index (χ1v) is 6.09. The third-order valence-electron chi connectivity index (χ3n) is 2.98. The van der Waals surface area contributed by atoms with E-state index in [-0.39, 0.29) is 24.0 Å². The molecule has 0 N–H and O–H groups in total. The van der Waals surface area contributed by atoms with Gasteiger partial charge in [0, 0.05) is 18.4 Å². The Balaban J connectivity index is 1.97. The number of hydrogen-bond donors (Lipinski definition) is 0. The summed E-state index contributed by atoms with van der Waals surface area (Å²) in [6.07, 6.45) is 2.29. The molecule has 0 aliphatic carbocycles. The average molecular weight is 238 g/mol. The van der Waals surface area contributed by atoms with Crippen LogP contribution in [-0.4, -0.2) is 29.1 Å². The third kappa shape index (κ3) is 3.12. The van der Waals surface area contributed by atoms with Gasteiger partial charge in [-0.2, -0.15) is 4.98 Å². The van der Waals surface area contributed by atoms with Crippen LogP contribution in [0.3, 0.4) is 0 Å². The topological polar surface area (TPSA) is 65.2 Å². The maximum atomic E-state index is 11.5. The van der Waals surface area contributed by atoms with Gasteiger partial charge in [0.25, 0.3) is 0 Å². The Morgan fingerprint density at radius 1 is 1.53 bits per heavy atom. The van der Waals surface area contributed by atoms with Crippen LogP contribution in [0.1, 0.15) is 44.3 Å². The van der Waals surface area contributed by atoms with Crippen LogP contribution in [0.4, 0.5) is 0 Å². The van der Waals surface area contributed by atoms with Gasteiger partial charge in [0.1, 0.15) is 5.78 Å². The molecule has 5 heteroatoms. The number of carbonyl (C=O) groups is 1. The molecule has 1 aliphatic rings. The minimum atomic E-state index is 0.00311. The Bertz CT molecular complexity index is 381. The molecule has 2 heterocycles.